The lowest BCUT2D eigenvalue weighted by Crippen LogP contribution is -2.41. The van der Waals surface area contributed by atoms with E-state index in [0.717, 1.165) is 61.3 Å². The van der Waals surface area contributed by atoms with Gasteiger partial charge in [0, 0.05) is 30.9 Å². The van der Waals surface area contributed by atoms with Crippen molar-refractivity contribution in [1.82, 2.24) is 14.9 Å². The van der Waals surface area contributed by atoms with E-state index in [0.29, 0.717) is 13.2 Å². The normalized spacial score (nSPS) is 24.5. The molecule has 5 rings (SSSR count). The number of likely N-dealkylation sites (tertiary alicyclic amines) is 1. The number of aryl methyl sites for hydroxylation is 1. The molecule has 6 heteroatoms. The Morgan fingerprint density at radius 2 is 2.07 bits per heavy atom. The van der Waals surface area contributed by atoms with Gasteiger partial charge in [-0.1, -0.05) is 12.1 Å². The summed E-state index contributed by atoms with van der Waals surface area (Å²) in [6, 6.07) is 6.82. The Balaban J connectivity index is 1.37. The van der Waals surface area contributed by atoms with Crippen molar-refractivity contribution in [2.45, 2.75) is 44.8 Å². The van der Waals surface area contributed by atoms with E-state index in [1.54, 1.807) is 0 Å². The summed E-state index contributed by atoms with van der Waals surface area (Å²) in [6.45, 7) is 7.08. The Bertz CT molecular complexity index is 868. The fourth-order valence-electron chi connectivity index (χ4n) is 4.51. The van der Waals surface area contributed by atoms with Gasteiger partial charge < -0.3 is 10.1 Å². The third-order valence-electron chi connectivity index (χ3n) is 6.34. The summed E-state index contributed by atoms with van der Waals surface area (Å²) in [5, 5.41) is 3.45. The van der Waals surface area contributed by atoms with Crippen LogP contribution in [0.15, 0.2) is 24.3 Å². The molecule has 0 bridgehead atoms. The number of hydrogen-bond acceptors (Lipinski definition) is 5. The molecule has 5 nitrogen and oxygen atoms in total. The summed E-state index contributed by atoms with van der Waals surface area (Å²) < 4.78 is 19.2. The molecule has 3 heterocycles. The molecule has 2 aromatic rings. The van der Waals surface area contributed by atoms with Gasteiger partial charge in [-0.2, -0.15) is 0 Å². The van der Waals surface area contributed by atoms with E-state index in [4.69, 9.17) is 9.72 Å². The first-order chi connectivity index (χ1) is 13.6. The summed E-state index contributed by atoms with van der Waals surface area (Å²) >= 11 is 0. The van der Waals surface area contributed by atoms with Crippen LogP contribution in [0.2, 0.25) is 0 Å². The van der Waals surface area contributed by atoms with Crippen molar-refractivity contribution in [2.75, 3.05) is 31.6 Å². The number of aromatic nitrogens is 2. The van der Waals surface area contributed by atoms with E-state index in [-0.39, 0.29) is 11.2 Å². The van der Waals surface area contributed by atoms with Crippen LogP contribution in [0.3, 0.4) is 0 Å². The van der Waals surface area contributed by atoms with Crippen LogP contribution >= 0.6 is 0 Å². The molecule has 0 amide bonds. The average molecular weight is 382 g/mol. The minimum atomic E-state index is -0.186. The van der Waals surface area contributed by atoms with Gasteiger partial charge in [-0.15, -0.1) is 0 Å². The second kappa shape index (κ2) is 7.08. The number of rotatable bonds is 5. The van der Waals surface area contributed by atoms with Crippen molar-refractivity contribution in [3.63, 3.8) is 0 Å². The summed E-state index contributed by atoms with van der Waals surface area (Å²) in [4.78, 5) is 12.1. The maximum Gasteiger partial charge on any atom is 0.223 e. The smallest absolute Gasteiger partial charge is 0.223 e. The van der Waals surface area contributed by atoms with Gasteiger partial charge >= 0.3 is 0 Å². The number of halogens is 1. The second-order valence-corrected chi connectivity index (χ2v) is 8.64. The van der Waals surface area contributed by atoms with Gasteiger partial charge in [0.05, 0.1) is 24.3 Å². The van der Waals surface area contributed by atoms with E-state index in [1.165, 1.54) is 30.7 Å². The SMILES string of the molecule is Cc1nc(NCC2CC2)nc2c1COC[C@@]21CCN(Cc2ccc(F)cc2)C1. The van der Waals surface area contributed by atoms with Crippen molar-refractivity contribution in [1.29, 1.82) is 0 Å². The van der Waals surface area contributed by atoms with Crippen LogP contribution in [-0.2, 0) is 23.3 Å². The molecule has 28 heavy (non-hydrogen) atoms. The number of nitrogens with zero attached hydrogens (tertiary/aromatic N) is 3. The molecule has 2 aliphatic heterocycles. The predicted octanol–water partition coefficient (Wildman–Crippen LogP) is 3.42. The van der Waals surface area contributed by atoms with Crippen LogP contribution in [0.25, 0.3) is 0 Å². The zero-order chi connectivity index (χ0) is 19.1. The maximum atomic E-state index is 13.2. The van der Waals surface area contributed by atoms with Gasteiger partial charge in [-0.05, 0) is 56.3 Å². The molecule has 2 fully saturated rings. The summed E-state index contributed by atoms with van der Waals surface area (Å²) in [7, 11) is 0. The minimum absolute atomic E-state index is 0.0721. The molecule has 1 N–H and O–H groups in total. The van der Waals surface area contributed by atoms with Crippen molar-refractivity contribution >= 4 is 5.95 Å². The molecule has 1 saturated heterocycles. The Morgan fingerprint density at radius 3 is 2.86 bits per heavy atom. The van der Waals surface area contributed by atoms with Crippen LogP contribution in [0.5, 0.6) is 0 Å². The third kappa shape index (κ3) is 3.51. The first kappa shape index (κ1) is 18.0. The molecule has 1 saturated carbocycles. The van der Waals surface area contributed by atoms with Gasteiger partial charge in [-0.25, -0.2) is 14.4 Å². The highest BCUT2D eigenvalue weighted by Gasteiger charge is 2.45. The molecule has 1 aromatic heterocycles. The quantitative estimate of drug-likeness (QED) is 0.859. The summed E-state index contributed by atoms with van der Waals surface area (Å²) in [6.07, 6.45) is 3.65. The summed E-state index contributed by atoms with van der Waals surface area (Å²) in [5.41, 5.74) is 4.43. The van der Waals surface area contributed by atoms with Gasteiger partial charge in [0.25, 0.3) is 0 Å². The van der Waals surface area contributed by atoms with Crippen molar-refractivity contribution in [2.24, 2.45) is 5.92 Å². The Morgan fingerprint density at radius 1 is 1.25 bits per heavy atom. The van der Waals surface area contributed by atoms with Gasteiger partial charge in [0.15, 0.2) is 0 Å². The third-order valence-corrected chi connectivity index (χ3v) is 6.34. The number of benzene rings is 1. The zero-order valence-electron chi connectivity index (χ0n) is 16.4. The first-order valence-corrected chi connectivity index (χ1v) is 10.3. The highest BCUT2D eigenvalue weighted by Crippen LogP contribution is 2.40. The monoisotopic (exact) mass is 382 g/mol. The number of anilines is 1. The van der Waals surface area contributed by atoms with Crippen LogP contribution in [0.4, 0.5) is 10.3 Å². The number of fused-ring (bicyclic) bond motifs is 2. The largest absolute Gasteiger partial charge is 0.376 e. The highest BCUT2D eigenvalue weighted by molar-refractivity contribution is 5.40. The minimum Gasteiger partial charge on any atom is -0.376 e. The lowest BCUT2D eigenvalue weighted by Gasteiger charge is -2.35. The lowest BCUT2D eigenvalue weighted by atomic mass is 9.80. The maximum absolute atomic E-state index is 13.2. The fraction of sp³-hybridized carbons (Fsp3) is 0.545. The predicted molar refractivity (Wildman–Crippen MR) is 106 cm³/mol. The molecule has 1 aliphatic carbocycles. The first-order valence-electron chi connectivity index (χ1n) is 10.3. The van der Waals surface area contributed by atoms with Crippen LogP contribution < -0.4 is 5.32 Å². The Labute approximate surface area is 165 Å². The van der Waals surface area contributed by atoms with Crippen LogP contribution in [0, 0.1) is 18.7 Å². The van der Waals surface area contributed by atoms with E-state index in [2.05, 4.69) is 22.1 Å². The zero-order valence-corrected chi connectivity index (χ0v) is 16.4. The Kier molecular flexibility index (Phi) is 4.56. The molecule has 1 aromatic carbocycles. The standard InChI is InChI=1S/C22H27FN4O/c1-15-19-12-28-14-22(20(19)26-21(25-15)24-10-16-2-3-16)8-9-27(13-22)11-17-4-6-18(23)7-5-17/h4-7,16H,2-3,8-14H2,1H3,(H,24,25,26)/t22-/m0/s1. The molecule has 1 spiro atoms. The van der Waals surface area contributed by atoms with E-state index < -0.39 is 0 Å². The van der Waals surface area contributed by atoms with E-state index in [9.17, 15) is 4.39 Å². The topological polar surface area (TPSA) is 50.3 Å². The molecule has 148 valence electrons. The van der Waals surface area contributed by atoms with E-state index >= 15 is 0 Å². The molecule has 0 radical (unpaired) electrons. The second-order valence-electron chi connectivity index (χ2n) is 8.64. The molecule has 0 unspecified atom stereocenters. The lowest BCUT2D eigenvalue weighted by molar-refractivity contribution is 0.0498. The van der Waals surface area contributed by atoms with Gasteiger partial charge in [0.2, 0.25) is 5.95 Å². The number of hydrogen-bond donors (Lipinski definition) is 1. The van der Waals surface area contributed by atoms with Crippen LogP contribution in [-0.4, -0.2) is 41.1 Å². The number of ether oxygens (including phenoxy) is 1. The molecular formula is C22H27FN4O. The highest BCUT2D eigenvalue weighted by atomic mass is 19.1. The molecular weight excluding hydrogens is 355 g/mol. The molecule has 3 aliphatic rings. The van der Waals surface area contributed by atoms with Crippen molar-refractivity contribution in [3.8, 4) is 0 Å². The summed E-state index contributed by atoms with van der Waals surface area (Å²) in [5.74, 6) is 1.37. The average Bonchev–Trinajstić information content (AvgIpc) is 3.44. The number of nitrogens with one attached hydrogen (secondary N) is 1. The van der Waals surface area contributed by atoms with E-state index in [1.807, 2.05) is 12.1 Å². The van der Waals surface area contributed by atoms with Crippen molar-refractivity contribution < 1.29 is 9.13 Å². The van der Waals surface area contributed by atoms with Gasteiger partial charge in [0.1, 0.15) is 5.82 Å². The van der Waals surface area contributed by atoms with Crippen molar-refractivity contribution in [3.05, 3.63) is 52.6 Å². The fourth-order valence-corrected chi connectivity index (χ4v) is 4.51. The molecule has 1 atom stereocenters. The van der Waals surface area contributed by atoms with Crippen LogP contribution in [0.1, 0.15) is 41.8 Å². The Hall–Kier alpha value is -2.05. The van der Waals surface area contributed by atoms with Gasteiger partial charge in [-0.3, -0.25) is 4.90 Å².